The summed E-state index contributed by atoms with van der Waals surface area (Å²) in [7, 11) is -3.72. The number of imide groups is 1. The van der Waals surface area contributed by atoms with Gasteiger partial charge in [0.05, 0.1) is 28.5 Å². The van der Waals surface area contributed by atoms with E-state index in [1.54, 1.807) is 42.5 Å². The molecule has 2 N–H and O–H groups in total. The molecule has 148 valence electrons. The first kappa shape index (κ1) is 19.1. The van der Waals surface area contributed by atoms with E-state index in [0.717, 1.165) is 16.2 Å². The maximum absolute atomic E-state index is 12.5. The van der Waals surface area contributed by atoms with E-state index in [9.17, 15) is 18.0 Å². The van der Waals surface area contributed by atoms with Gasteiger partial charge in [-0.15, -0.1) is 0 Å². The Hall–Kier alpha value is -3.22. The highest BCUT2D eigenvalue weighted by Gasteiger charge is 2.35. The molecule has 0 bridgehead atoms. The number of amides is 2. The Morgan fingerprint density at radius 1 is 1.14 bits per heavy atom. The van der Waals surface area contributed by atoms with Gasteiger partial charge in [0.25, 0.3) is 11.8 Å². The molecule has 2 amide bonds. The summed E-state index contributed by atoms with van der Waals surface area (Å²) in [6, 6.07) is 13.4. The average Bonchev–Trinajstić information content (AvgIpc) is 2.96. The van der Waals surface area contributed by atoms with E-state index in [0.29, 0.717) is 29.7 Å². The van der Waals surface area contributed by atoms with Crippen LogP contribution in [0.2, 0.25) is 0 Å². The van der Waals surface area contributed by atoms with E-state index in [2.05, 4.69) is 16.1 Å². The lowest BCUT2D eigenvalue weighted by atomic mass is 9.98. The second kappa shape index (κ2) is 7.31. The molecule has 0 aliphatic carbocycles. The van der Waals surface area contributed by atoms with Crippen molar-refractivity contribution in [2.75, 3.05) is 24.2 Å². The van der Waals surface area contributed by atoms with Crippen molar-refractivity contribution < 1.29 is 18.0 Å². The number of anilines is 1. The van der Waals surface area contributed by atoms with E-state index in [-0.39, 0.29) is 18.3 Å². The number of nitriles is 1. The summed E-state index contributed by atoms with van der Waals surface area (Å²) in [5, 5.41) is 12.2. The molecule has 0 spiro atoms. The Kier molecular flexibility index (Phi) is 4.82. The zero-order valence-corrected chi connectivity index (χ0v) is 16.2. The smallest absolute Gasteiger partial charge is 0.261 e. The predicted molar refractivity (Wildman–Crippen MR) is 106 cm³/mol. The van der Waals surface area contributed by atoms with Crippen molar-refractivity contribution >= 4 is 27.5 Å². The molecule has 2 aliphatic heterocycles. The molecule has 29 heavy (non-hydrogen) atoms. The summed E-state index contributed by atoms with van der Waals surface area (Å²) in [5.74, 6) is -1.32. The quantitative estimate of drug-likeness (QED) is 0.713. The number of hydrogen-bond acceptors (Lipinski definition) is 6. The predicted octanol–water partition coefficient (Wildman–Crippen LogP) is 1.11. The molecule has 1 unspecified atom stereocenters. The fraction of sp³-hybridized carbons (Fsp3) is 0.250. The third-order valence-corrected chi connectivity index (χ3v) is 6.46. The number of sulfonamides is 1. The standard InChI is InChI=1S/C20H18N4O4S/c21-11-13-5-6-18-14(9-13)10-15(12-22-18)23-29(27,28)8-7-24-19(25)16-3-1-2-4-17(16)20(24)26/h1-6,9,15,22-23H,7-8,10,12H2. The molecule has 0 radical (unpaired) electrons. The molecule has 4 rings (SSSR count). The van der Waals surface area contributed by atoms with Gasteiger partial charge in [-0.2, -0.15) is 5.26 Å². The monoisotopic (exact) mass is 410 g/mol. The van der Waals surface area contributed by atoms with Crippen molar-refractivity contribution in [1.29, 1.82) is 5.26 Å². The van der Waals surface area contributed by atoms with Crippen LogP contribution < -0.4 is 10.0 Å². The number of hydrogen-bond donors (Lipinski definition) is 2. The number of nitrogens with zero attached hydrogens (tertiary/aromatic N) is 2. The van der Waals surface area contributed by atoms with Crippen molar-refractivity contribution in [3.63, 3.8) is 0 Å². The van der Waals surface area contributed by atoms with E-state index in [1.807, 2.05) is 0 Å². The Morgan fingerprint density at radius 2 is 1.83 bits per heavy atom. The molecule has 0 saturated heterocycles. The van der Waals surface area contributed by atoms with Crippen LogP contribution in [0.25, 0.3) is 0 Å². The minimum atomic E-state index is -3.72. The SMILES string of the molecule is N#Cc1ccc2c(c1)CC(NS(=O)(=O)CCN1C(=O)c3ccccc3C1=O)CN2. The molecule has 2 aromatic carbocycles. The molecule has 8 nitrogen and oxygen atoms in total. The minimum absolute atomic E-state index is 0.211. The van der Waals surface area contributed by atoms with E-state index in [4.69, 9.17) is 5.26 Å². The number of fused-ring (bicyclic) bond motifs is 2. The third kappa shape index (κ3) is 3.72. The zero-order valence-electron chi connectivity index (χ0n) is 15.4. The number of carbonyl (C=O) groups is 2. The van der Waals surface area contributed by atoms with Gasteiger partial charge in [0.15, 0.2) is 0 Å². The van der Waals surface area contributed by atoms with Gasteiger partial charge < -0.3 is 5.32 Å². The molecular weight excluding hydrogens is 392 g/mol. The number of nitrogens with one attached hydrogen (secondary N) is 2. The van der Waals surface area contributed by atoms with Gasteiger partial charge in [0, 0.05) is 24.8 Å². The van der Waals surface area contributed by atoms with Gasteiger partial charge in [-0.05, 0) is 42.3 Å². The van der Waals surface area contributed by atoms with Crippen LogP contribution in [-0.2, 0) is 16.4 Å². The summed E-state index contributed by atoms with van der Waals surface area (Å²) in [5.41, 5.74) is 2.85. The van der Waals surface area contributed by atoms with Crippen LogP contribution in [0.4, 0.5) is 5.69 Å². The highest BCUT2D eigenvalue weighted by molar-refractivity contribution is 7.89. The molecule has 0 fully saturated rings. The third-order valence-electron chi connectivity index (χ3n) is 5.05. The van der Waals surface area contributed by atoms with E-state index >= 15 is 0 Å². The first-order chi connectivity index (χ1) is 13.9. The van der Waals surface area contributed by atoms with Crippen LogP contribution in [0.5, 0.6) is 0 Å². The highest BCUT2D eigenvalue weighted by atomic mass is 32.2. The van der Waals surface area contributed by atoms with Gasteiger partial charge in [0.1, 0.15) is 0 Å². The first-order valence-electron chi connectivity index (χ1n) is 9.10. The normalized spacial score (nSPS) is 18.0. The fourth-order valence-electron chi connectivity index (χ4n) is 3.63. The van der Waals surface area contributed by atoms with Crippen molar-refractivity contribution in [1.82, 2.24) is 9.62 Å². The lowest BCUT2D eigenvalue weighted by Gasteiger charge is -2.27. The van der Waals surface area contributed by atoms with Crippen LogP contribution >= 0.6 is 0 Å². The zero-order chi connectivity index (χ0) is 20.6. The number of rotatable bonds is 5. The summed E-state index contributed by atoms with van der Waals surface area (Å²) >= 11 is 0. The van der Waals surface area contributed by atoms with Crippen LogP contribution in [0, 0.1) is 11.3 Å². The Balaban J connectivity index is 1.40. The molecule has 2 aliphatic rings. The van der Waals surface area contributed by atoms with Gasteiger partial charge in [-0.25, -0.2) is 13.1 Å². The van der Waals surface area contributed by atoms with E-state index in [1.165, 1.54) is 0 Å². The van der Waals surface area contributed by atoms with Crippen LogP contribution in [0.1, 0.15) is 31.8 Å². The summed E-state index contributed by atoms with van der Waals surface area (Å²) in [4.78, 5) is 25.7. The maximum Gasteiger partial charge on any atom is 0.261 e. The van der Waals surface area contributed by atoms with Gasteiger partial charge in [0.2, 0.25) is 10.0 Å². The second-order valence-corrected chi connectivity index (χ2v) is 8.88. The van der Waals surface area contributed by atoms with Gasteiger partial charge in [-0.1, -0.05) is 12.1 Å². The number of benzene rings is 2. The lowest BCUT2D eigenvalue weighted by Crippen LogP contribution is -2.46. The maximum atomic E-state index is 12.5. The highest BCUT2D eigenvalue weighted by Crippen LogP contribution is 2.24. The fourth-order valence-corrected chi connectivity index (χ4v) is 4.84. The second-order valence-electron chi connectivity index (χ2n) is 7.01. The Bertz CT molecular complexity index is 1120. The Morgan fingerprint density at radius 3 is 2.48 bits per heavy atom. The van der Waals surface area contributed by atoms with Crippen molar-refractivity contribution in [2.24, 2.45) is 0 Å². The topological polar surface area (TPSA) is 119 Å². The summed E-state index contributed by atoms with van der Waals surface area (Å²) in [6.07, 6.45) is 0.449. The van der Waals surface area contributed by atoms with Crippen LogP contribution in [0.15, 0.2) is 42.5 Å². The van der Waals surface area contributed by atoms with Crippen molar-refractivity contribution in [2.45, 2.75) is 12.5 Å². The van der Waals surface area contributed by atoms with E-state index < -0.39 is 21.8 Å². The van der Waals surface area contributed by atoms with Gasteiger partial charge >= 0.3 is 0 Å². The molecule has 2 heterocycles. The molecule has 9 heteroatoms. The van der Waals surface area contributed by atoms with Gasteiger partial charge in [-0.3, -0.25) is 14.5 Å². The summed E-state index contributed by atoms with van der Waals surface area (Å²) < 4.78 is 27.7. The van der Waals surface area contributed by atoms with Crippen LogP contribution in [0.3, 0.4) is 0 Å². The summed E-state index contributed by atoms with van der Waals surface area (Å²) in [6.45, 7) is 0.197. The molecule has 2 aromatic rings. The largest absolute Gasteiger partial charge is 0.383 e. The van der Waals surface area contributed by atoms with Crippen LogP contribution in [-0.4, -0.2) is 50.0 Å². The first-order valence-corrected chi connectivity index (χ1v) is 10.8. The Labute approximate surface area is 168 Å². The lowest BCUT2D eigenvalue weighted by molar-refractivity contribution is 0.0664. The average molecular weight is 410 g/mol. The minimum Gasteiger partial charge on any atom is -0.383 e. The van der Waals surface area contributed by atoms with Crippen molar-refractivity contribution in [3.8, 4) is 6.07 Å². The molecule has 1 atom stereocenters. The number of carbonyl (C=O) groups excluding carboxylic acids is 2. The molecular formula is C20H18N4O4S. The molecule has 0 saturated carbocycles. The molecule has 0 aromatic heterocycles. The van der Waals surface area contributed by atoms with Crippen molar-refractivity contribution in [3.05, 3.63) is 64.7 Å².